The van der Waals surface area contributed by atoms with Crippen molar-refractivity contribution in [2.45, 2.75) is 19.4 Å². The molecule has 1 unspecified atom stereocenters. The van der Waals surface area contributed by atoms with Crippen molar-refractivity contribution in [3.8, 4) is 22.9 Å². The molecular formula is C24H19Cl2FN6O3. The third-order valence-corrected chi connectivity index (χ3v) is 7.13. The summed E-state index contributed by atoms with van der Waals surface area (Å²) < 4.78 is 16.1. The van der Waals surface area contributed by atoms with Crippen LogP contribution in [-0.2, 0) is 11.3 Å². The van der Waals surface area contributed by atoms with E-state index in [-0.39, 0.29) is 50.5 Å². The summed E-state index contributed by atoms with van der Waals surface area (Å²) in [6.07, 6.45) is 3.65. The van der Waals surface area contributed by atoms with Crippen LogP contribution in [0.15, 0.2) is 46.2 Å². The fourth-order valence-electron chi connectivity index (χ4n) is 4.99. The molecule has 36 heavy (non-hydrogen) atoms. The Kier molecular flexibility index (Phi) is 6.06. The van der Waals surface area contributed by atoms with Gasteiger partial charge in [0.05, 0.1) is 33.6 Å². The minimum atomic E-state index is -0.751. The Balaban J connectivity index is 1.81. The summed E-state index contributed by atoms with van der Waals surface area (Å²) in [4.78, 5) is 45.4. The van der Waals surface area contributed by atoms with E-state index < -0.39 is 17.1 Å². The molecule has 9 nitrogen and oxygen atoms in total. The minimum Gasteiger partial charge on any atom is -0.357 e. The molecule has 2 aliphatic heterocycles. The van der Waals surface area contributed by atoms with Gasteiger partial charge in [0, 0.05) is 37.7 Å². The fraction of sp³-hybridized carbons (Fsp3) is 0.292. The van der Waals surface area contributed by atoms with Gasteiger partial charge in [-0.05, 0) is 30.2 Å². The summed E-state index contributed by atoms with van der Waals surface area (Å²) in [5.74, 6) is -0.500. The summed E-state index contributed by atoms with van der Waals surface area (Å²) in [6.45, 7) is 0.962. The first kappa shape index (κ1) is 24.0. The lowest BCUT2D eigenvalue weighted by atomic mass is 9.86. The third-order valence-electron chi connectivity index (χ3n) is 6.64. The van der Waals surface area contributed by atoms with Gasteiger partial charge in [-0.1, -0.05) is 29.3 Å². The van der Waals surface area contributed by atoms with E-state index in [1.165, 1.54) is 35.2 Å². The second-order valence-corrected chi connectivity index (χ2v) is 9.82. The van der Waals surface area contributed by atoms with Crippen molar-refractivity contribution in [2.75, 3.05) is 24.5 Å². The van der Waals surface area contributed by atoms with Crippen LogP contribution in [0.3, 0.4) is 0 Å². The molecule has 1 atom stereocenters. The Morgan fingerprint density at radius 1 is 1.19 bits per heavy atom. The first-order valence-corrected chi connectivity index (χ1v) is 11.8. The van der Waals surface area contributed by atoms with Gasteiger partial charge >= 0.3 is 5.69 Å². The number of benzene rings is 1. The zero-order chi connectivity index (χ0) is 25.6. The second kappa shape index (κ2) is 9.08. The summed E-state index contributed by atoms with van der Waals surface area (Å²) in [5.41, 5.74) is -1.33. The summed E-state index contributed by atoms with van der Waals surface area (Å²) in [7, 11) is 0. The molecule has 0 saturated carbocycles. The van der Waals surface area contributed by atoms with Crippen LogP contribution in [0.4, 0.5) is 10.2 Å². The maximum absolute atomic E-state index is 14.0. The zero-order valence-electron chi connectivity index (χ0n) is 18.8. The van der Waals surface area contributed by atoms with Crippen molar-refractivity contribution >= 4 is 34.9 Å². The highest BCUT2D eigenvalue weighted by Crippen LogP contribution is 2.41. The van der Waals surface area contributed by atoms with Crippen LogP contribution < -0.4 is 21.5 Å². The molecule has 2 aromatic heterocycles. The molecule has 0 aliphatic carbocycles. The number of anilines is 1. The van der Waals surface area contributed by atoms with Crippen LogP contribution in [0.1, 0.15) is 12.8 Å². The number of pyridine rings is 1. The maximum atomic E-state index is 14.0. The highest BCUT2D eigenvalue weighted by molar-refractivity contribution is 6.31. The molecule has 1 spiro atoms. The lowest BCUT2D eigenvalue weighted by Crippen LogP contribution is -2.43. The van der Waals surface area contributed by atoms with Crippen molar-refractivity contribution in [1.29, 1.82) is 5.26 Å². The predicted molar refractivity (Wildman–Crippen MR) is 132 cm³/mol. The minimum absolute atomic E-state index is 0.0549. The van der Waals surface area contributed by atoms with Gasteiger partial charge < -0.3 is 10.2 Å². The number of hydrogen-bond acceptors (Lipinski definition) is 6. The molecule has 1 amide bonds. The molecule has 0 bridgehead atoms. The maximum Gasteiger partial charge on any atom is 0.338 e. The van der Waals surface area contributed by atoms with Crippen LogP contribution in [0.2, 0.25) is 10.0 Å². The first-order valence-electron chi connectivity index (χ1n) is 11.1. The van der Waals surface area contributed by atoms with Crippen molar-refractivity contribution < 1.29 is 9.18 Å². The quantitative estimate of drug-likeness (QED) is 0.557. The van der Waals surface area contributed by atoms with Gasteiger partial charge in [-0.15, -0.1) is 0 Å². The van der Waals surface area contributed by atoms with Gasteiger partial charge in [0.1, 0.15) is 18.2 Å². The summed E-state index contributed by atoms with van der Waals surface area (Å²) >= 11 is 12.1. The molecular weight excluding hydrogens is 510 g/mol. The standard InChI is InChI=1S/C24H19Cl2FN6O3/c25-15-8-16(11-29-10-15)33-22(35)20(14-1-2-18(27)17(26)7-14)21(32(6-4-28)23(33)36)31-5-3-24(13-31)9-19(34)30-12-24/h1-2,7-8,10-11H,3,5-6,9,12-13H2,(H,30,34). The summed E-state index contributed by atoms with van der Waals surface area (Å²) in [6, 6.07) is 7.25. The van der Waals surface area contributed by atoms with Crippen LogP contribution in [0, 0.1) is 22.6 Å². The van der Waals surface area contributed by atoms with Gasteiger partial charge in [0.2, 0.25) is 5.91 Å². The number of halogens is 3. The fourth-order valence-corrected chi connectivity index (χ4v) is 5.34. The average molecular weight is 529 g/mol. The molecule has 2 aliphatic rings. The number of nitrogens with one attached hydrogen (secondary N) is 1. The summed E-state index contributed by atoms with van der Waals surface area (Å²) in [5, 5.41) is 12.5. The van der Waals surface area contributed by atoms with Crippen molar-refractivity contribution in [2.24, 2.45) is 5.41 Å². The molecule has 1 N–H and O–H groups in total. The number of amides is 1. The van der Waals surface area contributed by atoms with E-state index in [4.69, 9.17) is 23.2 Å². The molecule has 184 valence electrons. The SMILES string of the molecule is N#CCn1c(N2CCC3(CNC(=O)C3)C2)c(-c2ccc(F)c(Cl)c2)c(=O)n(-c2cncc(Cl)c2)c1=O. The Hall–Kier alpha value is -3.68. The lowest BCUT2D eigenvalue weighted by Gasteiger charge is -2.28. The topological polar surface area (TPSA) is 113 Å². The second-order valence-electron chi connectivity index (χ2n) is 8.98. The van der Waals surface area contributed by atoms with E-state index in [1.807, 2.05) is 11.0 Å². The Bertz CT molecular complexity index is 1560. The highest BCUT2D eigenvalue weighted by atomic mass is 35.5. The van der Waals surface area contributed by atoms with Gasteiger partial charge in [-0.2, -0.15) is 5.26 Å². The normalized spacial score (nSPS) is 19.1. The number of aromatic nitrogens is 3. The van der Waals surface area contributed by atoms with Crippen molar-refractivity contribution in [3.05, 3.63) is 73.4 Å². The van der Waals surface area contributed by atoms with Gasteiger partial charge in [-0.25, -0.2) is 13.8 Å². The van der Waals surface area contributed by atoms with Gasteiger partial charge in [-0.3, -0.25) is 19.1 Å². The van der Waals surface area contributed by atoms with Crippen LogP contribution in [0.25, 0.3) is 16.8 Å². The molecule has 4 heterocycles. The Labute approximate surface area is 214 Å². The number of rotatable bonds is 4. The van der Waals surface area contributed by atoms with Crippen molar-refractivity contribution in [1.82, 2.24) is 19.4 Å². The van der Waals surface area contributed by atoms with Crippen LogP contribution in [-0.4, -0.2) is 39.7 Å². The molecule has 2 fully saturated rings. The molecule has 1 aromatic carbocycles. The zero-order valence-corrected chi connectivity index (χ0v) is 20.3. The lowest BCUT2D eigenvalue weighted by molar-refractivity contribution is -0.119. The molecule has 12 heteroatoms. The van der Waals surface area contributed by atoms with E-state index in [9.17, 15) is 24.0 Å². The molecule has 0 radical (unpaired) electrons. The number of hydrogen-bond donors (Lipinski definition) is 1. The van der Waals surface area contributed by atoms with Crippen molar-refractivity contribution in [3.63, 3.8) is 0 Å². The Morgan fingerprint density at radius 2 is 2.00 bits per heavy atom. The molecule has 3 aromatic rings. The van der Waals surface area contributed by atoms with Gasteiger partial charge in [0.25, 0.3) is 5.56 Å². The monoisotopic (exact) mass is 528 g/mol. The van der Waals surface area contributed by atoms with Crippen LogP contribution >= 0.6 is 23.2 Å². The Morgan fingerprint density at radius 3 is 2.67 bits per heavy atom. The van der Waals surface area contributed by atoms with E-state index in [1.54, 1.807) is 0 Å². The predicted octanol–water partition coefficient (Wildman–Crippen LogP) is 2.75. The van der Waals surface area contributed by atoms with E-state index in [2.05, 4.69) is 10.3 Å². The average Bonchev–Trinajstić information content (AvgIpc) is 3.42. The molecule has 5 rings (SSSR count). The van der Waals surface area contributed by atoms with E-state index >= 15 is 0 Å². The van der Waals surface area contributed by atoms with Gasteiger partial charge in [0.15, 0.2) is 0 Å². The largest absolute Gasteiger partial charge is 0.357 e. The highest BCUT2D eigenvalue weighted by Gasteiger charge is 2.45. The van der Waals surface area contributed by atoms with E-state index in [0.717, 1.165) is 10.6 Å². The number of carbonyl (C=O) groups excluding carboxylic acids is 1. The first-order chi connectivity index (χ1) is 17.2. The van der Waals surface area contributed by atoms with Crippen LogP contribution in [0.5, 0.6) is 0 Å². The third kappa shape index (κ3) is 4.04. The number of nitriles is 1. The van der Waals surface area contributed by atoms with E-state index in [0.29, 0.717) is 32.5 Å². The number of nitrogens with zero attached hydrogens (tertiary/aromatic N) is 5. The number of carbonyl (C=O) groups is 1. The smallest absolute Gasteiger partial charge is 0.338 e. The molecule has 2 saturated heterocycles.